The molecule has 7 heteroatoms. The van der Waals surface area contributed by atoms with Crippen molar-refractivity contribution in [2.45, 2.75) is 38.7 Å². The molecule has 4 rings (SSSR count). The van der Waals surface area contributed by atoms with Gasteiger partial charge >= 0.3 is 0 Å². The number of hydrogen-bond donors (Lipinski definition) is 0. The minimum absolute atomic E-state index is 0.0566. The van der Waals surface area contributed by atoms with E-state index in [1.165, 1.54) is 6.07 Å². The number of carbonyl (C=O) groups is 2. The van der Waals surface area contributed by atoms with Crippen molar-refractivity contribution in [2.24, 2.45) is 0 Å². The summed E-state index contributed by atoms with van der Waals surface area (Å²) in [7, 11) is 0. The zero-order valence-electron chi connectivity index (χ0n) is 17.1. The number of likely N-dealkylation sites (tertiary alicyclic amines) is 2. The molecule has 0 N–H and O–H groups in total. The highest BCUT2D eigenvalue weighted by Crippen LogP contribution is 2.24. The van der Waals surface area contributed by atoms with Crippen LogP contribution in [0, 0.1) is 12.7 Å². The number of ether oxygens (including phenoxy) is 1. The monoisotopic (exact) mass is 411 g/mol. The number of aromatic nitrogens is 1. The first-order valence-corrected chi connectivity index (χ1v) is 10.5. The highest BCUT2D eigenvalue weighted by Gasteiger charge is 2.30. The topological polar surface area (TPSA) is 62.7 Å². The van der Waals surface area contributed by atoms with Crippen molar-refractivity contribution < 1.29 is 18.7 Å². The number of pyridine rings is 1. The van der Waals surface area contributed by atoms with Crippen LogP contribution in [-0.4, -0.2) is 58.9 Å². The molecule has 2 amide bonds. The minimum atomic E-state index is -0.387. The molecule has 3 heterocycles. The van der Waals surface area contributed by atoms with E-state index in [-0.39, 0.29) is 23.7 Å². The first-order chi connectivity index (χ1) is 14.5. The summed E-state index contributed by atoms with van der Waals surface area (Å²) in [5.74, 6) is -0.347. The van der Waals surface area contributed by atoms with Gasteiger partial charge in [0.05, 0.1) is 6.54 Å². The lowest BCUT2D eigenvalue weighted by Crippen LogP contribution is -2.36. The summed E-state index contributed by atoms with van der Waals surface area (Å²) in [4.78, 5) is 33.4. The van der Waals surface area contributed by atoms with E-state index in [1.54, 1.807) is 42.3 Å². The molecule has 0 aliphatic carbocycles. The van der Waals surface area contributed by atoms with Gasteiger partial charge < -0.3 is 14.5 Å². The fourth-order valence-electron chi connectivity index (χ4n) is 3.99. The number of amides is 2. The predicted octanol–water partition coefficient (Wildman–Crippen LogP) is 3.45. The molecule has 0 radical (unpaired) electrons. The maximum Gasteiger partial charge on any atom is 0.259 e. The molecule has 1 atom stereocenters. The Morgan fingerprint density at radius 3 is 2.63 bits per heavy atom. The Bertz CT molecular complexity index is 943. The van der Waals surface area contributed by atoms with Gasteiger partial charge in [0.1, 0.15) is 17.5 Å². The summed E-state index contributed by atoms with van der Waals surface area (Å²) in [5, 5.41) is 0. The van der Waals surface area contributed by atoms with E-state index in [4.69, 9.17) is 4.74 Å². The molecule has 1 unspecified atom stereocenters. The standard InChI is InChI=1S/C23H26FN3O3/c1-16-7-8-17(14-20(16)24)22(28)27-13-9-18(15-27)30-21-19(6-5-10-25-21)23(29)26-11-3-2-4-12-26/h5-8,10,14,18H,2-4,9,11-13,15H2,1H3. The molecule has 2 fully saturated rings. The van der Waals surface area contributed by atoms with Crippen molar-refractivity contribution in [3.8, 4) is 5.88 Å². The molecule has 2 aliphatic rings. The van der Waals surface area contributed by atoms with Crippen LogP contribution in [0.2, 0.25) is 0 Å². The van der Waals surface area contributed by atoms with Gasteiger partial charge in [-0.25, -0.2) is 9.37 Å². The number of rotatable bonds is 4. The lowest BCUT2D eigenvalue weighted by Gasteiger charge is -2.27. The smallest absolute Gasteiger partial charge is 0.259 e. The molecular weight excluding hydrogens is 385 g/mol. The number of nitrogens with zero attached hydrogens (tertiary/aromatic N) is 3. The zero-order chi connectivity index (χ0) is 21.1. The van der Waals surface area contributed by atoms with Gasteiger partial charge in [0.15, 0.2) is 0 Å². The lowest BCUT2D eigenvalue weighted by molar-refractivity contribution is 0.0708. The quantitative estimate of drug-likeness (QED) is 0.773. The number of aryl methyl sites for hydroxylation is 1. The second-order valence-corrected chi connectivity index (χ2v) is 7.95. The summed E-state index contributed by atoms with van der Waals surface area (Å²) in [5.41, 5.74) is 1.30. The molecule has 0 spiro atoms. The van der Waals surface area contributed by atoms with Gasteiger partial charge in [0.2, 0.25) is 5.88 Å². The van der Waals surface area contributed by atoms with Crippen LogP contribution in [0.5, 0.6) is 5.88 Å². The van der Waals surface area contributed by atoms with E-state index in [0.717, 1.165) is 32.4 Å². The summed E-state index contributed by atoms with van der Waals surface area (Å²) in [6.07, 6.45) is 5.16. The highest BCUT2D eigenvalue weighted by atomic mass is 19.1. The molecule has 6 nitrogen and oxygen atoms in total. The maximum absolute atomic E-state index is 13.8. The average Bonchev–Trinajstić information content (AvgIpc) is 3.24. The van der Waals surface area contributed by atoms with E-state index in [1.807, 2.05) is 4.90 Å². The second kappa shape index (κ2) is 8.81. The predicted molar refractivity (Wildman–Crippen MR) is 110 cm³/mol. The van der Waals surface area contributed by atoms with Crippen LogP contribution >= 0.6 is 0 Å². The van der Waals surface area contributed by atoms with Gasteiger partial charge in [-0.3, -0.25) is 9.59 Å². The summed E-state index contributed by atoms with van der Waals surface area (Å²) in [6.45, 7) is 4.07. The largest absolute Gasteiger partial charge is 0.472 e. The number of halogens is 1. The van der Waals surface area contributed by atoms with E-state index < -0.39 is 0 Å². The lowest BCUT2D eigenvalue weighted by atomic mass is 10.1. The number of benzene rings is 1. The van der Waals surface area contributed by atoms with Crippen molar-refractivity contribution in [2.75, 3.05) is 26.2 Å². The highest BCUT2D eigenvalue weighted by molar-refractivity contribution is 5.96. The van der Waals surface area contributed by atoms with Crippen molar-refractivity contribution >= 4 is 11.8 Å². The SMILES string of the molecule is Cc1ccc(C(=O)N2CCC(Oc3ncccc3C(=O)N3CCCCC3)C2)cc1F. The molecule has 0 bridgehead atoms. The van der Waals surface area contributed by atoms with E-state index in [0.29, 0.717) is 42.1 Å². The molecule has 2 aromatic rings. The third-order valence-electron chi connectivity index (χ3n) is 5.77. The van der Waals surface area contributed by atoms with Crippen LogP contribution in [0.3, 0.4) is 0 Å². The summed E-state index contributed by atoms with van der Waals surface area (Å²) >= 11 is 0. The maximum atomic E-state index is 13.8. The third-order valence-corrected chi connectivity index (χ3v) is 5.77. The van der Waals surface area contributed by atoms with Crippen LogP contribution in [-0.2, 0) is 0 Å². The van der Waals surface area contributed by atoms with Crippen LogP contribution in [0.4, 0.5) is 4.39 Å². The van der Waals surface area contributed by atoms with E-state index >= 15 is 0 Å². The van der Waals surface area contributed by atoms with Crippen LogP contribution in [0.1, 0.15) is 52.0 Å². The molecular formula is C23H26FN3O3. The molecule has 1 aromatic carbocycles. The Balaban J connectivity index is 1.43. The van der Waals surface area contributed by atoms with E-state index in [2.05, 4.69) is 4.98 Å². The average molecular weight is 411 g/mol. The first kappa shape index (κ1) is 20.3. The van der Waals surface area contributed by atoms with Gasteiger partial charge in [-0.1, -0.05) is 6.07 Å². The number of carbonyl (C=O) groups excluding carboxylic acids is 2. The molecule has 2 saturated heterocycles. The van der Waals surface area contributed by atoms with Gasteiger partial charge in [-0.15, -0.1) is 0 Å². The summed E-state index contributed by atoms with van der Waals surface area (Å²) < 4.78 is 19.9. The fraction of sp³-hybridized carbons (Fsp3) is 0.435. The van der Waals surface area contributed by atoms with Gasteiger partial charge in [-0.2, -0.15) is 0 Å². The minimum Gasteiger partial charge on any atom is -0.472 e. The molecule has 0 saturated carbocycles. The Morgan fingerprint density at radius 2 is 1.87 bits per heavy atom. The zero-order valence-corrected chi connectivity index (χ0v) is 17.1. The van der Waals surface area contributed by atoms with Crippen molar-refractivity contribution in [3.05, 3.63) is 59.0 Å². The Hall–Kier alpha value is -2.96. The number of piperidine rings is 1. The normalized spacial score (nSPS) is 19.1. The Labute approximate surface area is 175 Å². The third kappa shape index (κ3) is 4.30. The van der Waals surface area contributed by atoms with Crippen LogP contribution < -0.4 is 4.74 Å². The molecule has 30 heavy (non-hydrogen) atoms. The first-order valence-electron chi connectivity index (χ1n) is 10.5. The van der Waals surface area contributed by atoms with Crippen LogP contribution in [0.15, 0.2) is 36.5 Å². The Morgan fingerprint density at radius 1 is 1.07 bits per heavy atom. The molecule has 1 aromatic heterocycles. The van der Waals surface area contributed by atoms with Gasteiger partial charge in [-0.05, 0) is 56.0 Å². The van der Waals surface area contributed by atoms with Gasteiger partial charge in [0.25, 0.3) is 11.8 Å². The van der Waals surface area contributed by atoms with Crippen molar-refractivity contribution in [1.29, 1.82) is 0 Å². The van der Waals surface area contributed by atoms with Gasteiger partial charge in [0, 0.05) is 37.8 Å². The molecule has 2 aliphatic heterocycles. The van der Waals surface area contributed by atoms with E-state index in [9.17, 15) is 14.0 Å². The van der Waals surface area contributed by atoms with Crippen molar-refractivity contribution in [3.63, 3.8) is 0 Å². The number of hydrogen-bond acceptors (Lipinski definition) is 4. The summed E-state index contributed by atoms with van der Waals surface area (Å²) in [6, 6.07) is 8.01. The fourth-order valence-corrected chi connectivity index (χ4v) is 3.99. The van der Waals surface area contributed by atoms with Crippen LogP contribution in [0.25, 0.3) is 0 Å². The second-order valence-electron chi connectivity index (χ2n) is 7.95. The molecule has 158 valence electrons. The Kier molecular flexibility index (Phi) is 5.97. The van der Waals surface area contributed by atoms with Crippen molar-refractivity contribution in [1.82, 2.24) is 14.8 Å².